The Kier molecular flexibility index (Phi) is 4.56. The van der Waals surface area contributed by atoms with E-state index in [0.717, 1.165) is 12.1 Å². The highest BCUT2D eigenvalue weighted by Crippen LogP contribution is 2.49. The van der Waals surface area contributed by atoms with Crippen molar-refractivity contribution in [2.45, 2.75) is 18.5 Å². The molecule has 1 aromatic carbocycles. The summed E-state index contributed by atoms with van der Waals surface area (Å²) in [4.78, 5) is 13.8. The topological polar surface area (TPSA) is 32.3 Å². The minimum Gasteiger partial charge on any atom is -0.344 e. The summed E-state index contributed by atoms with van der Waals surface area (Å²) in [7, 11) is 3.53. The van der Waals surface area contributed by atoms with Crippen LogP contribution in [0.15, 0.2) is 24.3 Å². The van der Waals surface area contributed by atoms with E-state index in [2.05, 4.69) is 5.32 Å². The second kappa shape index (κ2) is 6.05. The monoisotopic (exact) mass is 300 g/mol. The van der Waals surface area contributed by atoms with Gasteiger partial charge >= 0.3 is 6.18 Å². The maximum absolute atomic E-state index is 12.7. The van der Waals surface area contributed by atoms with E-state index in [1.165, 1.54) is 6.07 Å². The molecular weight excluding hydrogens is 281 g/mol. The molecule has 1 amide bonds. The molecule has 1 aliphatic rings. The number of amides is 1. The molecule has 0 saturated heterocycles. The van der Waals surface area contributed by atoms with E-state index in [1.54, 1.807) is 25.1 Å². The van der Waals surface area contributed by atoms with Gasteiger partial charge in [-0.2, -0.15) is 13.2 Å². The average molecular weight is 300 g/mol. The maximum Gasteiger partial charge on any atom is 0.416 e. The first-order valence-electron chi connectivity index (χ1n) is 6.91. The van der Waals surface area contributed by atoms with E-state index < -0.39 is 11.7 Å². The molecule has 0 aliphatic heterocycles. The van der Waals surface area contributed by atoms with Crippen LogP contribution in [-0.2, 0) is 11.0 Å². The number of alkyl halides is 3. The van der Waals surface area contributed by atoms with Gasteiger partial charge in [0.1, 0.15) is 0 Å². The molecule has 0 aromatic heterocycles. The fraction of sp³-hybridized carbons (Fsp3) is 0.533. The molecule has 1 aromatic rings. The number of benzene rings is 1. The van der Waals surface area contributed by atoms with Gasteiger partial charge in [0.05, 0.1) is 5.56 Å². The van der Waals surface area contributed by atoms with Crippen LogP contribution in [0.2, 0.25) is 0 Å². The number of nitrogens with zero attached hydrogens (tertiary/aromatic N) is 1. The van der Waals surface area contributed by atoms with E-state index >= 15 is 0 Å². The molecule has 0 heterocycles. The van der Waals surface area contributed by atoms with Gasteiger partial charge < -0.3 is 10.2 Å². The molecule has 0 spiro atoms. The standard InChI is InChI=1S/C15H19F3N2O/c1-19-6-7-20(2)14(21)13-9-12(13)10-4-3-5-11(8-10)15(16,17)18/h3-5,8,12-13,19H,6-7,9H2,1-2H3. The summed E-state index contributed by atoms with van der Waals surface area (Å²) >= 11 is 0. The zero-order valence-corrected chi connectivity index (χ0v) is 12.1. The van der Waals surface area contributed by atoms with Crippen molar-refractivity contribution in [2.75, 3.05) is 27.2 Å². The highest BCUT2D eigenvalue weighted by molar-refractivity contribution is 5.82. The van der Waals surface area contributed by atoms with E-state index in [9.17, 15) is 18.0 Å². The van der Waals surface area contributed by atoms with E-state index in [-0.39, 0.29) is 17.7 Å². The van der Waals surface area contributed by atoms with Crippen LogP contribution < -0.4 is 5.32 Å². The van der Waals surface area contributed by atoms with Crippen LogP contribution in [0.4, 0.5) is 13.2 Å². The molecule has 21 heavy (non-hydrogen) atoms. The summed E-state index contributed by atoms with van der Waals surface area (Å²) in [6, 6.07) is 5.29. The van der Waals surface area contributed by atoms with Crippen LogP contribution >= 0.6 is 0 Å². The number of hydrogen-bond acceptors (Lipinski definition) is 2. The fourth-order valence-electron chi connectivity index (χ4n) is 2.45. The number of likely N-dealkylation sites (N-methyl/N-ethyl adjacent to an activating group) is 2. The van der Waals surface area contributed by atoms with Gasteiger partial charge in [-0.15, -0.1) is 0 Å². The SMILES string of the molecule is CNCCN(C)C(=O)C1CC1c1cccc(C(F)(F)F)c1. The van der Waals surface area contributed by atoms with Crippen LogP contribution in [0.25, 0.3) is 0 Å². The molecule has 1 aliphatic carbocycles. The van der Waals surface area contributed by atoms with Crippen molar-refractivity contribution in [1.82, 2.24) is 10.2 Å². The highest BCUT2D eigenvalue weighted by atomic mass is 19.4. The molecule has 0 radical (unpaired) electrons. The number of carbonyl (C=O) groups is 1. The van der Waals surface area contributed by atoms with Gasteiger partial charge in [0, 0.05) is 26.1 Å². The normalized spacial score (nSPS) is 21.2. The lowest BCUT2D eigenvalue weighted by molar-refractivity contribution is -0.137. The fourth-order valence-corrected chi connectivity index (χ4v) is 2.45. The van der Waals surface area contributed by atoms with Gasteiger partial charge in [0.25, 0.3) is 0 Å². The van der Waals surface area contributed by atoms with Crippen molar-refractivity contribution in [3.63, 3.8) is 0 Å². The van der Waals surface area contributed by atoms with E-state index in [1.807, 2.05) is 0 Å². The number of hydrogen-bond donors (Lipinski definition) is 1. The van der Waals surface area contributed by atoms with Gasteiger partial charge in [-0.05, 0) is 31.0 Å². The smallest absolute Gasteiger partial charge is 0.344 e. The first-order chi connectivity index (χ1) is 9.84. The predicted octanol–water partition coefficient (Wildman–Crippen LogP) is 2.49. The third kappa shape index (κ3) is 3.75. The van der Waals surface area contributed by atoms with Gasteiger partial charge in [0.2, 0.25) is 5.91 Å². The van der Waals surface area contributed by atoms with Crippen molar-refractivity contribution in [3.05, 3.63) is 35.4 Å². The lowest BCUT2D eigenvalue weighted by atomic mass is 10.1. The average Bonchev–Trinajstić information content (AvgIpc) is 3.23. The lowest BCUT2D eigenvalue weighted by Crippen LogP contribution is -2.34. The first-order valence-corrected chi connectivity index (χ1v) is 6.91. The van der Waals surface area contributed by atoms with Crippen LogP contribution in [0.3, 0.4) is 0 Å². The quantitative estimate of drug-likeness (QED) is 0.906. The Bertz CT molecular complexity index is 516. The van der Waals surface area contributed by atoms with Crippen LogP contribution in [0, 0.1) is 5.92 Å². The molecular formula is C15H19F3N2O. The highest BCUT2D eigenvalue weighted by Gasteiger charge is 2.45. The predicted molar refractivity (Wildman–Crippen MR) is 73.9 cm³/mol. The van der Waals surface area contributed by atoms with Crippen molar-refractivity contribution in [3.8, 4) is 0 Å². The zero-order chi connectivity index (χ0) is 15.6. The molecule has 1 saturated carbocycles. The van der Waals surface area contributed by atoms with E-state index in [0.29, 0.717) is 25.1 Å². The Balaban J connectivity index is 2.01. The van der Waals surface area contributed by atoms with Crippen molar-refractivity contribution < 1.29 is 18.0 Å². The number of rotatable bonds is 5. The number of nitrogens with one attached hydrogen (secondary N) is 1. The molecule has 3 nitrogen and oxygen atoms in total. The molecule has 2 unspecified atom stereocenters. The van der Waals surface area contributed by atoms with Gasteiger partial charge in [-0.3, -0.25) is 4.79 Å². The summed E-state index contributed by atoms with van der Waals surface area (Å²) in [6.45, 7) is 1.30. The Morgan fingerprint density at radius 1 is 1.43 bits per heavy atom. The summed E-state index contributed by atoms with van der Waals surface area (Å²) in [5.74, 6) is -0.264. The molecule has 1 N–H and O–H groups in total. The summed E-state index contributed by atoms with van der Waals surface area (Å²) in [5.41, 5.74) is -0.0492. The molecule has 2 atom stereocenters. The minimum atomic E-state index is -4.34. The largest absolute Gasteiger partial charge is 0.416 e. The van der Waals surface area contributed by atoms with Crippen molar-refractivity contribution in [1.29, 1.82) is 0 Å². The van der Waals surface area contributed by atoms with Crippen molar-refractivity contribution in [2.24, 2.45) is 5.92 Å². The minimum absolute atomic E-state index is 0.00709. The van der Waals surface area contributed by atoms with Crippen LogP contribution in [0.1, 0.15) is 23.5 Å². The molecule has 116 valence electrons. The second-order valence-corrected chi connectivity index (χ2v) is 5.44. The zero-order valence-electron chi connectivity index (χ0n) is 12.1. The van der Waals surface area contributed by atoms with Crippen LogP contribution in [0.5, 0.6) is 0 Å². The Labute approximate surface area is 122 Å². The Hall–Kier alpha value is -1.56. The maximum atomic E-state index is 12.7. The molecule has 2 rings (SSSR count). The van der Waals surface area contributed by atoms with E-state index in [4.69, 9.17) is 0 Å². The summed E-state index contributed by atoms with van der Waals surface area (Å²) < 4.78 is 38.1. The van der Waals surface area contributed by atoms with Crippen molar-refractivity contribution >= 4 is 5.91 Å². The molecule has 1 fully saturated rings. The van der Waals surface area contributed by atoms with Crippen LogP contribution in [-0.4, -0.2) is 38.0 Å². The van der Waals surface area contributed by atoms with Gasteiger partial charge in [-0.1, -0.05) is 18.2 Å². The Morgan fingerprint density at radius 2 is 2.14 bits per heavy atom. The third-order valence-electron chi connectivity index (χ3n) is 3.82. The lowest BCUT2D eigenvalue weighted by Gasteiger charge is -2.17. The van der Waals surface area contributed by atoms with Gasteiger partial charge in [0.15, 0.2) is 0 Å². The summed E-state index contributed by atoms with van der Waals surface area (Å²) in [6.07, 6.45) is -3.71. The summed E-state index contributed by atoms with van der Waals surface area (Å²) in [5, 5.41) is 2.96. The molecule has 6 heteroatoms. The second-order valence-electron chi connectivity index (χ2n) is 5.44. The molecule has 0 bridgehead atoms. The first kappa shape index (κ1) is 15.8. The van der Waals surface area contributed by atoms with Gasteiger partial charge in [-0.25, -0.2) is 0 Å². The Morgan fingerprint density at radius 3 is 2.76 bits per heavy atom. The number of carbonyl (C=O) groups excluding carboxylic acids is 1. The number of halogens is 3. The third-order valence-corrected chi connectivity index (χ3v) is 3.82.